The van der Waals surface area contributed by atoms with Crippen molar-refractivity contribution >= 4 is 5.78 Å². The van der Waals surface area contributed by atoms with Crippen molar-refractivity contribution in [1.82, 2.24) is 5.32 Å². The van der Waals surface area contributed by atoms with Crippen LogP contribution in [0.3, 0.4) is 0 Å². The highest BCUT2D eigenvalue weighted by atomic mass is 16.1. The fraction of sp³-hybridized carbons (Fsp3) is 0.889. The summed E-state index contributed by atoms with van der Waals surface area (Å²) in [5.41, 5.74) is 0. The van der Waals surface area contributed by atoms with Gasteiger partial charge in [-0.15, -0.1) is 0 Å². The molecule has 2 atom stereocenters. The number of ketones is 1. The molecule has 1 aliphatic rings. The minimum Gasteiger partial charge on any atom is -0.316 e. The second kappa shape index (κ2) is 3.86. The summed E-state index contributed by atoms with van der Waals surface area (Å²) in [6.07, 6.45) is 2.44. The molecule has 0 radical (unpaired) electrons. The molecule has 1 N–H and O–H groups in total. The third-order valence-electron chi connectivity index (χ3n) is 2.68. The minimum absolute atomic E-state index is 0.253. The van der Waals surface area contributed by atoms with Crippen molar-refractivity contribution in [2.75, 3.05) is 13.1 Å². The Morgan fingerprint density at radius 2 is 2.36 bits per heavy atom. The molecule has 0 bridgehead atoms. The molecule has 0 aromatic carbocycles. The van der Waals surface area contributed by atoms with E-state index in [4.69, 9.17) is 0 Å². The van der Waals surface area contributed by atoms with Gasteiger partial charge in [-0.3, -0.25) is 4.79 Å². The average molecular weight is 155 g/mol. The van der Waals surface area contributed by atoms with Crippen molar-refractivity contribution in [2.24, 2.45) is 11.8 Å². The van der Waals surface area contributed by atoms with Crippen LogP contribution < -0.4 is 5.32 Å². The molecule has 0 aromatic heterocycles. The highest BCUT2D eigenvalue weighted by molar-refractivity contribution is 5.78. The van der Waals surface area contributed by atoms with Crippen LogP contribution in [-0.2, 0) is 4.79 Å². The van der Waals surface area contributed by atoms with Gasteiger partial charge < -0.3 is 5.32 Å². The first-order valence-corrected chi connectivity index (χ1v) is 4.43. The summed E-state index contributed by atoms with van der Waals surface area (Å²) in [5, 5.41) is 3.32. The molecule has 1 rings (SSSR count). The van der Waals surface area contributed by atoms with E-state index >= 15 is 0 Å². The van der Waals surface area contributed by atoms with E-state index in [1.54, 1.807) is 6.92 Å². The smallest absolute Gasteiger partial charge is 0.132 e. The van der Waals surface area contributed by atoms with Crippen LogP contribution in [-0.4, -0.2) is 18.9 Å². The number of piperidine rings is 1. The molecule has 0 aromatic rings. The Hall–Kier alpha value is -0.370. The van der Waals surface area contributed by atoms with E-state index in [2.05, 4.69) is 5.32 Å². The Morgan fingerprint density at radius 3 is 2.82 bits per heavy atom. The summed E-state index contributed by atoms with van der Waals surface area (Å²) in [7, 11) is 0. The van der Waals surface area contributed by atoms with Gasteiger partial charge >= 0.3 is 0 Å². The number of hydrogen-bond acceptors (Lipinski definition) is 2. The Labute approximate surface area is 68.4 Å². The molecule has 64 valence electrons. The van der Waals surface area contributed by atoms with E-state index in [0.717, 1.165) is 13.1 Å². The summed E-state index contributed by atoms with van der Waals surface area (Å²) >= 11 is 0. The van der Waals surface area contributed by atoms with Crippen LogP contribution in [0.4, 0.5) is 0 Å². The van der Waals surface area contributed by atoms with Crippen molar-refractivity contribution in [3.63, 3.8) is 0 Å². The van der Waals surface area contributed by atoms with Gasteiger partial charge in [0.2, 0.25) is 0 Å². The van der Waals surface area contributed by atoms with Crippen molar-refractivity contribution in [2.45, 2.75) is 26.7 Å². The number of nitrogens with one attached hydrogen (secondary N) is 1. The van der Waals surface area contributed by atoms with Gasteiger partial charge in [0.15, 0.2) is 0 Å². The van der Waals surface area contributed by atoms with Crippen molar-refractivity contribution < 1.29 is 4.79 Å². The monoisotopic (exact) mass is 155 g/mol. The maximum absolute atomic E-state index is 11.0. The van der Waals surface area contributed by atoms with E-state index in [9.17, 15) is 4.79 Å². The van der Waals surface area contributed by atoms with Gasteiger partial charge in [-0.1, -0.05) is 6.92 Å². The maximum Gasteiger partial charge on any atom is 0.132 e. The molecular weight excluding hydrogens is 138 g/mol. The molecule has 1 fully saturated rings. The Balaban J connectivity index is 2.38. The molecule has 1 aliphatic heterocycles. The Kier molecular flexibility index (Phi) is 3.06. The highest BCUT2D eigenvalue weighted by Crippen LogP contribution is 2.19. The van der Waals surface area contributed by atoms with E-state index in [-0.39, 0.29) is 5.92 Å². The number of carbonyl (C=O) groups excluding carboxylic acids is 1. The topological polar surface area (TPSA) is 29.1 Å². The lowest BCUT2D eigenvalue weighted by atomic mass is 9.85. The fourth-order valence-corrected chi connectivity index (χ4v) is 1.64. The molecule has 2 heteroatoms. The van der Waals surface area contributed by atoms with Crippen molar-refractivity contribution in [3.05, 3.63) is 0 Å². The largest absolute Gasteiger partial charge is 0.316 e. The summed E-state index contributed by atoms with van der Waals surface area (Å²) < 4.78 is 0. The lowest BCUT2D eigenvalue weighted by Crippen LogP contribution is -2.35. The van der Waals surface area contributed by atoms with Gasteiger partial charge in [0.05, 0.1) is 0 Å². The van der Waals surface area contributed by atoms with Crippen LogP contribution in [0, 0.1) is 11.8 Å². The van der Waals surface area contributed by atoms with Gasteiger partial charge in [-0.2, -0.15) is 0 Å². The first kappa shape index (κ1) is 8.72. The standard InChI is InChI=1S/C9H17NO/c1-7(8(2)11)9-4-3-5-10-6-9/h7,9-10H,3-6H2,1-2H3. The Bertz CT molecular complexity index is 138. The molecule has 0 spiro atoms. The molecule has 0 aliphatic carbocycles. The maximum atomic E-state index is 11.0. The lowest BCUT2D eigenvalue weighted by molar-refractivity contribution is -0.121. The van der Waals surface area contributed by atoms with Gasteiger partial charge in [-0.05, 0) is 38.8 Å². The zero-order chi connectivity index (χ0) is 8.27. The van der Waals surface area contributed by atoms with Gasteiger partial charge in [-0.25, -0.2) is 0 Å². The zero-order valence-electron chi connectivity index (χ0n) is 7.39. The molecule has 1 saturated heterocycles. The minimum atomic E-state index is 0.253. The predicted molar refractivity (Wildman–Crippen MR) is 45.4 cm³/mol. The molecule has 1 heterocycles. The van der Waals surface area contributed by atoms with Crippen LogP contribution in [0.15, 0.2) is 0 Å². The third kappa shape index (κ3) is 2.29. The lowest BCUT2D eigenvalue weighted by Gasteiger charge is -2.26. The van der Waals surface area contributed by atoms with Crippen LogP contribution in [0.25, 0.3) is 0 Å². The number of hydrogen-bond donors (Lipinski definition) is 1. The number of Topliss-reactive ketones (excluding diaryl/α,β-unsaturated/α-hetero) is 1. The normalized spacial score (nSPS) is 28.0. The Morgan fingerprint density at radius 1 is 1.64 bits per heavy atom. The second-order valence-electron chi connectivity index (χ2n) is 3.51. The fourth-order valence-electron chi connectivity index (χ4n) is 1.64. The second-order valence-corrected chi connectivity index (χ2v) is 3.51. The molecule has 2 unspecified atom stereocenters. The van der Waals surface area contributed by atoms with E-state index in [1.807, 2.05) is 6.92 Å². The predicted octanol–water partition coefficient (Wildman–Crippen LogP) is 1.21. The molecule has 0 amide bonds. The van der Waals surface area contributed by atoms with Crippen LogP contribution in [0.1, 0.15) is 26.7 Å². The number of rotatable bonds is 2. The summed E-state index contributed by atoms with van der Waals surface area (Å²) in [6, 6.07) is 0. The van der Waals surface area contributed by atoms with E-state index in [1.165, 1.54) is 12.8 Å². The van der Waals surface area contributed by atoms with Crippen LogP contribution >= 0.6 is 0 Å². The third-order valence-corrected chi connectivity index (χ3v) is 2.68. The summed E-state index contributed by atoms with van der Waals surface area (Å²) in [6.45, 7) is 5.89. The zero-order valence-corrected chi connectivity index (χ0v) is 7.39. The summed E-state index contributed by atoms with van der Waals surface area (Å²) in [5.74, 6) is 1.17. The van der Waals surface area contributed by atoms with Crippen molar-refractivity contribution in [3.8, 4) is 0 Å². The van der Waals surface area contributed by atoms with Crippen molar-refractivity contribution in [1.29, 1.82) is 0 Å². The number of carbonyl (C=O) groups is 1. The van der Waals surface area contributed by atoms with E-state index < -0.39 is 0 Å². The molecule has 2 nitrogen and oxygen atoms in total. The van der Waals surface area contributed by atoms with Gasteiger partial charge in [0.25, 0.3) is 0 Å². The summed E-state index contributed by atoms with van der Waals surface area (Å²) in [4.78, 5) is 11.0. The SMILES string of the molecule is CC(=O)C(C)C1CCCNC1. The molecular formula is C9H17NO. The van der Waals surface area contributed by atoms with Gasteiger partial charge in [0, 0.05) is 5.92 Å². The quantitative estimate of drug-likeness (QED) is 0.649. The average Bonchev–Trinajstić information content (AvgIpc) is 2.05. The van der Waals surface area contributed by atoms with Crippen LogP contribution in [0.2, 0.25) is 0 Å². The van der Waals surface area contributed by atoms with Gasteiger partial charge in [0.1, 0.15) is 5.78 Å². The highest BCUT2D eigenvalue weighted by Gasteiger charge is 2.22. The van der Waals surface area contributed by atoms with Crippen LogP contribution in [0.5, 0.6) is 0 Å². The molecule has 11 heavy (non-hydrogen) atoms. The first-order chi connectivity index (χ1) is 5.22. The molecule has 0 saturated carbocycles. The van der Waals surface area contributed by atoms with E-state index in [0.29, 0.717) is 11.7 Å². The first-order valence-electron chi connectivity index (χ1n) is 4.43.